The Labute approximate surface area is 159 Å². The van der Waals surface area contributed by atoms with Crippen molar-refractivity contribution < 1.29 is 18.0 Å². The minimum absolute atomic E-state index is 0.0657. The maximum Gasteiger partial charge on any atom is 0.417 e. The van der Waals surface area contributed by atoms with Crippen LogP contribution >= 0.6 is 11.6 Å². The molecule has 0 spiro atoms. The zero-order valence-corrected chi connectivity index (χ0v) is 15.1. The number of rotatable bonds is 3. The minimum atomic E-state index is -4.57. The highest BCUT2D eigenvalue weighted by molar-refractivity contribution is 6.31. The van der Waals surface area contributed by atoms with Gasteiger partial charge in [-0.15, -0.1) is 0 Å². The second kappa shape index (κ2) is 8.14. The Balaban J connectivity index is 1.55. The number of nitrogens with one attached hydrogen (secondary N) is 1. The molecule has 0 unspecified atom stereocenters. The number of piperazine rings is 1. The first-order chi connectivity index (χ1) is 12.8. The number of hydrogen-bond donors (Lipinski definition) is 1. The van der Waals surface area contributed by atoms with Crippen molar-refractivity contribution in [2.24, 2.45) is 0 Å². The van der Waals surface area contributed by atoms with E-state index in [9.17, 15) is 18.0 Å². The number of nitrogens with zero attached hydrogens (tertiary/aromatic N) is 3. The normalized spacial score (nSPS) is 15.6. The van der Waals surface area contributed by atoms with Crippen LogP contribution in [-0.4, -0.2) is 47.0 Å². The number of carbonyl (C=O) groups excluding carboxylic acids is 1. The van der Waals surface area contributed by atoms with Gasteiger partial charge in [0, 0.05) is 50.8 Å². The van der Waals surface area contributed by atoms with Gasteiger partial charge in [0.1, 0.15) is 0 Å². The van der Waals surface area contributed by atoms with E-state index in [1.54, 1.807) is 17.3 Å². The molecule has 1 aliphatic heterocycles. The Kier molecular flexibility index (Phi) is 5.86. The van der Waals surface area contributed by atoms with Crippen LogP contribution in [-0.2, 0) is 12.7 Å². The summed E-state index contributed by atoms with van der Waals surface area (Å²) in [6.45, 7) is 3.13. The molecule has 1 fully saturated rings. The van der Waals surface area contributed by atoms with Gasteiger partial charge in [-0.1, -0.05) is 11.6 Å². The smallest absolute Gasteiger partial charge is 0.322 e. The van der Waals surface area contributed by atoms with E-state index in [1.807, 2.05) is 12.1 Å². The maximum atomic E-state index is 12.9. The van der Waals surface area contributed by atoms with Crippen molar-refractivity contribution >= 4 is 23.3 Å². The molecule has 0 aliphatic carbocycles. The number of carbonyl (C=O) groups is 1. The van der Waals surface area contributed by atoms with Crippen LogP contribution in [0.15, 0.2) is 42.7 Å². The Bertz CT molecular complexity index is 793. The molecule has 2 heterocycles. The Morgan fingerprint density at radius 2 is 1.78 bits per heavy atom. The van der Waals surface area contributed by atoms with E-state index in [1.165, 1.54) is 6.07 Å². The fourth-order valence-electron chi connectivity index (χ4n) is 2.88. The molecule has 144 valence electrons. The summed E-state index contributed by atoms with van der Waals surface area (Å²) in [5, 5.41) is 2.12. The molecule has 1 saturated heterocycles. The van der Waals surface area contributed by atoms with Crippen LogP contribution in [0.1, 0.15) is 11.1 Å². The van der Waals surface area contributed by atoms with Crippen LogP contribution in [0.5, 0.6) is 0 Å². The molecular weight excluding hydrogens is 381 g/mol. The molecule has 3 rings (SSSR count). The first kappa shape index (κ1) is 19.4. The Hall–Kier alpha value is -2.32. The molecule has 1 aromatic heterocycles. The van der Waals surface area contributed by atoms with Gasteiger partial charge < -0.3 is 10.2 Å². The first-order valence-corrected chi connectivity index (χ1v) is 8.74. The number of hydrogen-bond acceptors (Lipinski definition) is 3. The number of halogens is 4. The lowest BCUT2D eigenvalue weighted by Gasteiger charge is -2.34. The standard InChI is InChI=1S/C18H18ClF3N4O/c19-16-2-1-14(11-15(16)18(20,21)22)24-17(27)26-9-7-25(8-10-26)12-13-3-5-23-6-4-13/h1-6,11H,7-10,12H2,(H,24,27). The number of aromatic nitrogens is 1. The van der Waals surface area contributed by atoms with Crippen molar-refractivity contribution in [1.82, 2.24) is 14.8 Å². The molecule has 2 amide bonds. The summed E-state index contributed by atoms with van der Waals surface area (Å²) < 4.78 is 38.8. The summed E-state index contributed by atoms with van der Waals surface area (Å²) >= 11 is 5.60. The predicted octanol–water partition coefficient (Wildman–Crippen LogP) is 4.10. The highest BCUT2D eigenvalue weighted by atomic mass is 35.5. The van der Waals surface area contributed by atoms with Crippen LogP contribution in [0.4, 0.5) is 23.7 Å². The minimum Gasteiger partial charge on any atom is -0.322 e. The van der Waals surface area contributed by atoms with Gasteiger partial charge in [-0.25, -0.2) is 4.79 Å². The average molecular weight is 399 g/mol. The van der Waals surface area contributed by atoms with Crippen molar-refractivity contribution in [3.63, 3.8) is 0 Å². The summed E-state index contributed by atoms with van der Waals surface area (Å²) in [5.41, 5.74) is 0.240. The highest BCUT2D eigenvalue weighted by Gasteiger charge is 2.33. The van der Waals surface area contributed by atoms with E-state index < -0.39 is 22.8 Å². The summed E-state index contributed by atoms with van der Waals surface area (Å²) in [6.07, 6.45) is -1.10. The summed E-state index contributed by atoms with van der Waals surface area (Å²) in [6, 6.07) is 6.80. The predicted molar refractivity (Wildman–Crippen MR) is 96.6 cm³/mol. The third kappa shape index (κ3) is 5.11. The first-order valence-electron chi connectivity index (χ1n) is 8.37. The number of anilines is 1. The third-order valence-electron chi connectivity index (χ3n) is 4.34. The van der Waals surface area contributed by atoms with E-state index in [4.69, 9.17) is 11.6 Å². The topological polar surface area (TPSA) is 48.5 Å². The molecule has 27 heavy (non-hydrogen) atoms. The van der Waals surface area contributed by atoms with E-state index >= 15 is 0 Å². The molecule has 5 nitrogen and oxygen atoms in total. The van der Waals surface area contributed by atoms with Gasteiger partial charge in [0.05, 0.1) is 10.6 Å². The second-order valence-corrected chi connectivity index (χ2v) is 6.65. The second-order valence-electron chi connectivity index (χ2n) is 6.24. The zero-order valence-electron chi connectivity index (χ0n) is 14.3. The molecule has 1 aromatic carbocycles. The Morgan fingerprint density at radius 3 is 2.41 bits per heavy atom. The van der Waals surface area contributed by atoms with E-state index in [-0.39, 0.29) is 5.69 Å². The molecule has 0 radical (unpaired) electrons. The number of alkyl halides is 3. The molecule has 1 N–H and O–H groups in total. The quantitative estimate of drug-likeness (QED) is 0.846. The zero-order chi connectivity index (χ0) is 19.4. The number of urea groups is 1. The maximum absolute atomic E-state index is 12.9. The van der Waals surface area contributed by atoms with Crippen LogP contribution in [0.25, 0.3) is 0 Å². The van der Waals surface area contributed by atoms with Gasteiger partial charge in [0.2, 0.25) is 0 Å². The van der Waals surface area contributed by atoms with Crippen molar-refractivity contribution in [2.75, 3.05) is 31.5 Å². The SMILES string of the molecule is O=C(Nc1ccc(Cl)c(C(F)(F)F)c1)N1CCN(Cc2ccncc2)CC1. The lowest BCUT2D eigenvalue weighted by atomic mass is 10.2. The van der Waals surface area contributed by atoms with Crippen LogP contribution in [0.3, 0.4) is 0 Å². The summed E-state index contributed by atoms with van der Waals surface area (Å²) in [5.74, 6) is 0. The van der Waals surface area contributed by atoms with Crippen LogP contribution < -0.4 is 5.32 Å². The van der Waals surface area contributed by atoms with Gasteiger partial charge in [-0.2, -0.15) is 13.2 Å². The van der Waals surface area contributed by atoms with E-state index in [0.717, 1.165) is 24.2 Å². The van der Waals surface area contributed by atoms with Gasteiger partial charge >= 0.3 is 12.2 Å². The van der Waals surface area contributed by atoms with E-state index in [0.29, 0.717) is 26.2 Å². The summed E-state index contributed by atoms with van der Waals surface area (Å²) in [4.78, 5) is 20.1. The number of pyridine rings is 1. The monoisotopic (exact) mass is 398 g/mol. The number of benzene rings is 1. The van der Waals surface area contributed by atoms with Gasteiger partial charge in [0.25, 0.3) is 0 Å². The average Bonchev–Trinajstić information content (AvgIpc) is 2.64. The van der Waals surface area contributed by atoms with Gasteiger partial charge in [-0.3, -0.25) is 9.88 Å². The van der Waals surface area contributed by atoms with E-state index in [2.05, 4.69) is 15.2 Å². The largest absolute Gasteiger partial charge is 0.417 e. The van der Waals surface area contributed by atoms with Crippen molar-refractivity contribution in [3.8, 4) is 0 Å². The van der Waals surface area contributed by atoms with Crippen LogP contribution in [0, 0.1) is 0 Å². The molecule has 9 heteroatoms. The molecule has 1 aliphatic rings. The van der Waals surface area contributed by atoms with Crippen molar-refractivity contribution in [3.05, 3.63) is 58.9 Å². The van der Waals surface area contributed by atoms with Gasteiger partial charge in [-0.05, 0) is 35.9 Å². The van der Waals surface area contributed by atoms with Crippen molar-refractivity contribution in [2.45, 2.75) is 12.7 Å². The Morgan fingerprint density at radius 1 is 1.11 bits per heavy atom. The lowest BCUT2D eigenvalue weighted by Crippen LogP contribution is -2.49. The van der Waals surface area contributed by atoms with Crippen molar-refractivity contribution in [1.29, 1.82) is 0 Å². The fourth-order valence-corrected chi connectivity index (χ4v) is 3.10. The number of amides is 2. The molecule has 0 saturated carbocycles. The summed E-state index contributed by atoms with van der Waals surface area (Å²) in [7, 11) is 0. The molecule has 0 bridgehead atoms. The molecular formula is C18H18ClF3N4O. The van der Waals surface area contributed by atoms with Crippen LogP contribution in [0.2, 0.25) is 5.02 Å². The third-order valence-corrected chi connectivity index (χ3v) is 4.67. The highest BCUT2D eigenvalue weighted by Crippen LogP contribution is 2.36. The lowest BCUT2D eigenvalue weighted by molar-refractivity contribution is -0.137. The molecule has 2 aromatic rings. The molecule has 0 atom stereocenters. The van der Waals surface area contributed by atoms with Gasteiger partial charge in [0.15, 0.2) is 0 Å². The fraction of sp³-hybridized carbons (Fsp3) is 0.333.